The van der Waals surface area contributed by atoms with E-state index in [1.54, 1.807) is 0 Å². The van der Waals surface area contributed by atoms with Crippen LogP contribution in [-0.2, 0) is 4.79 Å². The summed E-state index contributed by atoms with van der Waals surface area (Å²) >= 11 is 0. The molecule has 118 valence electrons. The SMILES string of the molecule is CCCCCCCCCCCCNC(=O)[C@@H]1CCNC1. The van der Waals surface area contributed by atoms with Crippen LogP contribution in [0.2, 0.25) is 0 Å². The lowest BCUT2D eigenvalue weighted by molar-refractivity contribution is -0.124. The molecule has 0 aromatic rings. The van der Waals surface area contributed by atoms with Crippen molar-refractivity contribution in [2.45, 2.75) is 77.6 Å². The second kappa shape index (κ2) is 12.2. The molecule has 0 unspecified atom stereocenters. The molecular weight excluding hydrogens is 248 g/mol. The van der Waals surface area contributed by atoms with Gasteiger partial charge in [-0.1, -0.05) is 64.7 Å². The average Bonchev–Trinajstić information content (AvgIpc) is 2.99. The van der Waals surface area contributed by atoms with Gasteiger partial charge in [0.25, 0.3) is 0 Å². The van der Waals surface area contributed by atoms with E-state index in [0.29, 0.717) is 0 Å². The lowest BCUT2D eigenvalue weighted by Crippen LogP contribution is -2.32. The van der Waals surface area contributed by atoms with E-state index >= 15 is 0 Å². The van der Waals surface area contributed by atoms with E-state index in [9.17, 15) is 4.79 Å². The van der Waals surface area contributed by atoms with Gasteiger partial charge >= 0.3 is 0 Å². The van der Waals surface area contributed by atoms with Gasteiger partial charge in [0.05, 0.1) is 5.92 Å². The van der Waals surface area contributed by atoms with Gasteiger partial charge in [-0.15, -0.1) is 0 Å². The van der Waals surface area contributed by atoms with Gasteiger partial charge in [0.2, 0.25) is 5.91 Å². The summed E-state index contributed by atoms with van der Waals surface area (Å²) in [5, 5.41) is 6.31. The number of amides is 1. The van der Waals surface area contributed by atoms with Gasteiger partial charge in [-0.2, -0.15) is 0 Å². The van der Waals surface area contributed by atoms with Crippen LogP contribution >= 0.6 is 0 Å². The molecule has 3 heteroatoms. The van der Waals surface area contributed by atoms with Crippen LogP contribution in [0.25, 0.3) is 0 Å². The highest BCUT2D eigenvalue weighted by molar-refractivity contribution is 5.79. The summed E-state index contributed by atoms with van der Waals surface area (Å²) in [6.45, 7) is 4.99. The molecule has 1 aliphatic rings. The molecule has 0 radical (unpaired) electrons. The topological polar surface area (TPSA) is 41.1 Å². The highest BCUT2D eigenvalue weighted by Gasteiger charge is 2.21. The van der Waals surface area contributed by atoms with E-state index in [1.807, 2.05) is 0 Å². The molecule has 0 spiro atoms. The van der Waals surface area contributed by atoms with Gasteiger partial charge in [-0.3, -0.25) is 4.79 Å². The summed E-state index contributed by atoms with van der Waals surface area (Å²) in [5.74, 6) is 0.476. The highest BCUT2D eigenvalue weighted by Crippen LogP contribution is 2.10. The van der Waals surface area contributed by atoms with Crippen molar-refractivity contribution in [3.8, 4) is 0 Å². The average molecular weight is 282 g/mol. The van der Waals surface area contributed by atoms with Crippen LogP contribution in [0.15, 0.2) is 0 Å². The van der Waals surface area contributed by atoms with Crippen molar-refractivity contribution >= 4 is 5.91 Å². The number of rotatable bonds is 12. The molecule has 0 bridgehead atoms. The zero-order valence-corrected chi connectivity index (χ0v) is 13.4. The van der Waals surface area contributed by atoms with Crippen molar-refractivity contribution in [2.75, 3.05) is 19.6 Å². The minimum Gasteiger partial charge on any atom is -0.356 e. The second-order valence-corrected chi connectivity index (χ2v) is 6.16. The van der Waals surface area contributed by atoms with Crippen molar-refractivity contribution in [2.24, 2.45) is 5.92 Å². The standard InChI is InChI=1S/C17H34N2O/c1-2-3-4-5-6-7-8-9-10-11-13-19-17(20)16-12-14-18-15-16/h16,18H,2-15H2,1H3,(H,19,20)/t16-/m1/s1. The first-order valence-corrected chi connectivity index (χ1v) is 8.83. The fraction of sp³-hybridized carbons (Fsp3) is 0.941. The molecular formula is C17H34N2O. The van der Waals surface area contributed by atoms with Crippen LogP contribution in [-0.4, -0.2) is 25.5 Å². The Hall–Kier alpha value is -0.570. The molecule has 1 amide bonds. The van der Waals surface area contributed by atoms with E-state index in [1.165, 1.54) is 57.8 Å². The van der Waals surface area contributed by atoms with Crippen LogP contribution < -0.4 is 10.6 Å². The van der Waals surface area contributed by atoms with Crippen LogP contribution in [0.1, 0.15) is 77.6 Å². The summed E-state index contributed by atoms with van der Waals surface area (Å²) < 4.78 is 0. The summed E-state index contributed by atoms with van der Waals surface area (Å²) in [4.78, 5) is 11.8. The summed E-state index contributed by atoms with van der Waals surface area (Å²) in [6.07, 6.45) is 14.5. The smallest absolute Gasteiger partial charge is 0.224 e. The Bertz CT molecular complexity index is 237. The predicted molar refractivity (Wildman–Crippen MR) is 85.8 cm³/mol. The molecule has 1 saturated heterocycles. The first kappa shape index (κ1) is 17.5. The quantitative estimate of drug-likeness (QED) is 0.537. The molecule has 1 aliphatic heterocycles. The third kappa shape index (κ3) is 8.57. The van der Waals surface area contributed by atoms with Gasteiger partial charge in [0.1, 0.15) is 0 Å². The number of unbranched alkanes of at least 4 members (excludes halogenated alkanes) is 9. The minimum absolute atomic E-state index is 0.220. The Morgan fingerprint density at radius 3 is 2.15 bits per heavy atom. The van der Waals surface area contributed by atoms with Crippen molar-refractivity contribution in [3.05, 3.63) is 0 Å². The zero-order valence-electron chi connectivity index (χ0n) is 13.4. The summed E-state index contributed by atoms with van der Waals surface area (Å²) in [6, 6.07) is 0. The molecule has 0 saturated carbocycles. The Morgan fingerprint density at radius 2 is 1.60 bits per heavy atom. The number of nitrogens with one attached hydrogen (secondary N) is 2. The molecule has 1 atom stereocenters. The Labute approximate surface area is 125 Å². The predicted octanol–water partition coefficient (Wildman–Crippen LogP) is 3.63. The fourth-order valence-electron chi connectivity index (χ4n) is 2.85. The normalized spacial score (nSPS) is 18.4. The number of carbonyl (C=O) groups excluding carboxylic acids is 1. The van der Waals surface area contributed by atoms with Crippen LogP contribution in [0, 0.1) is 5.92 Å². The van der Waals surface area contributed by atoms with E-state index in [2.05, 4.69) is 17.6 Å². The van der Waals surface area contributed by atoms with Gasteiger partial charge in [-0.25, -0.2) is 0 Å². The van der Waals surface area contributed by atoms with E-state index in [4.69, 9.17) is 0 Å². The summed E-state index contributed by atoms with van der Waals surface area (Å²) in [5.41, 5.74) is 0. The zero-order chi connectivity index (χ0) is 14.5. The third-order valence-electron chi connectivity index (χ3n) is 4.26. The maximum atomic E-state index is 11.8. The number of hydrogen-bond acceptors (Lipinski definition) is 2. The van der Waals surface area contributed by atoms with Gasteiger partial charge in [-0.05, 0) is 19.4 Å². The van der Waals surface area contributed by atoms with Crippen molar-refractivity contribution in [3.63, 3.8) is 0 Å². The molecule has 1 heterocycles. The Balaban J connectivity index is 1.77. The van der Waals surface area contributed by atoms with Crippen LogP contribution in [0.5, 0.6) is 0 Å². The lowest BCUT2D eigenvalue weighted by Gasteiger charge is -2.09. The van der Waals surface area contributed by atoms with Crippen molar-refractivity contribution in [1.29, 1.82) is 0 Å². The first-order valence-electron chi connectivity index (χ1n) is 8.83. The monoisotopic (exact) mass is 282 g/mol. The molecule has 3 nitrogen and oxygen atoms in total. The second-order valence-electron chi connectivity index (χ2n) is 6.16. The molecule has 2 N–H and O–H groups in total. The largest absolute Gasteiger partial charge is 0.356 e. The van der Waals surface area contributed by atoms with E-state index in [0.717, 1.165) is 32.5 Å². The van der Waals surface area contributed by atoms with Crippen molar-refractivity contribution < 1.29 is 4.79 Å². The van der Waals surface area contributed by atoms with E-state index in [-0.39, 0.29) is 11.8 Å². The minimum atomic E-state index is 0.220. The lowest BCUT2D eigenvalue weighted by atomic mass is 10.1. The van der Waals surface area contributed by atoms with Gasteiger partial charge < -0.3 is 10.6 Å². The van der Waals surface area contributed by atoms with Crippen LogP contribution in [0.4, 0.5) is 0 Å². The first-order chi connectivity index (χ1) is 9.84. The Kier molecular flexibility index (Phi) is 10.7. The fourth-order valence-corrected chi connectivity index (χ4v) is 2.85. The third-order valence-corrected chi connectivity index (χ3v) is 4.26. The van der Waals surface area contributed by atoms with Crippen molar-refractivity contribution in [1.82, 2.24) is 10.6 Å². The molecule has 1 fully saturated rings. The maximum absolute atomic E-state index is 11.8. The molecule has 0 aromatic carbocycles. The number of carbonyl (C=O) groups is 1. The Morgan fingerprint density at radius 1 is 1.00 bits per heavy atom. The summed E-state index contributed by atoms with van der Waals surface area (Å²) in [7, 11) is 0. The number of hydrogen-bond donors (Lipinski definition) is 2. The molecule has 1 rings (SSSR count). The van der Waals surface area contributed by atoms with E-state index < -0.39 is 0 Å². The van der Waals surface area contributed by atoms with Gasteiger partial charge in [0.15, 0.2) is 0 Å². The molecule has 20 heavy (non-hydrogen) atoms. The van der Waals surface area contributed by atoms with Crippen LogP contribution in [0.3, 0.4) is 0 Å². The molecule has 0 aliphatic carbocycles. The van der Waals surface area contributed by atoms with Gasteiger partial charge in [0, 0.05) is 13.1 Å². The molecule has 0 aromatic heterocycles. The maximum Gasteiger partial charge on any atom is 0.224 e. The highest BCUT2D eigenvalue weighted by atomic mass is 16.1.